The molecule has 0 aromatic heterocycles. The first-order valence-electron chi connectivity index (χ1n) is 11.8. The smallest absolute Gasteiger partial charge is 0.238 e. The molecule has 1 aromatic rings. The van der Waals surface area contributed by atoms with Gasteiger partial charge in [0, 0.05) is 57.5 Å². The lowest BCUT2D eigenvalue weighted by molar-refractivity contribution is -0.124. The first kappa shape index (κ1) is 21.6. The second-order valence-electron chi connectivity index (χ2n) is 9.77. The van der Waals surface area contributed by atoms with Gasteiger partial charge >= 0.3 is 0 Å². The SMILES string of the molecule is CO[C@@H]1C[C@@H]2CN(c3ccc(C[C@@H](C#N)NC(=O)[C@H]4N[C@@H]5CC[C@H]4C5)c(F)c3)CCN2C1. The van der Waals surface area contributed by atoms with E-state index in [-0.39, 0.29) is 30.3 Å². The fourth-order valence-corrected chi connectivity index (χ4v) is 6.06. The van der Waals surface area contributed by atoms with Crippen molar-refractivity contribution in [1.82, 2.24) is 15.5 Å². The number of piperidine rings is 1. The van der Waals surface area contributed by atoms with Crippen LogP contribution in [0.2, 0.25) is 0 Å². The van der Waals surface area contributed by atoms with E-state index in [2.05, 4.69) is 26.5 Å². The standard InChI is InChI=1S/C24H32FN5O2/c1-32-21-10-20-13-29(6-7-30(20)14-21)19-5-3-15(22(25)11-19)8-18(12-26)28-24(31)23-16-2-4-17(9-16)27-23/h3,5,11,16-18,20-21,23,27H,2,4,6-10,13-14H2,1H3,(H,28,31)/t16-,17+,18-,20+,21+,23-/m0/s1. The molecule has 0 spiro atoms. The summed E-state index contributed by atoms with van der Waals surface area (Å²) >= 11 is 0. The van der Waals surface area contributed by atoms with Crippen LogP contribution in [-0.4, -0.2) is 74.4 Å². The molecule has 1 aromatic carbocycles. The van der Waals surface area contributed by atoms with Gasteiger partial charge in [0.05, 0.1) is 18.2 Å². The molecule has 2 bridgehead atoms. The van der Waals surface area contributed by atoms with Gasteiger partial charge in [0.2, 0.25) is 5.91 Å². The van der Waals surface area contributed by atoms with Crippen LogP contribution in [0.4, 0.5) is 10.1 Å². The number of nitriles is 1. The van der Waals surface area contributed by atoms with Crippen molar-refractivity contribution in [2.45, 2.75) is 62.4 Å². The van der Waals surface area contributed by atoms with Crippen LogP contribution in [0.5, 0.6) is 0 Å². The van der Waals surface area contributed by atoms with E-state index in [1.807, 2.05) is 6.07 Å². The van der Waals surface area contributed by atoms with Crippen molar-refractivity contribution in [2.24, 2.45) is 5.92 Å². The summed E-state index contributed by atoms with van der Waals surface area (Å²) in [6.07, 6.45) is 4.68. The van der Waals surface area contributed by atoms with Crippen molar-refractivity contribution in [3.63, 3.8) is 0 Å². The van der Waals surface area contributed by atoms with Crippen molar-refractivity contribution >= 4 is 11.6 Å². The molecular formula is C24H32FN5O2. The second-order valence-corrected chi connectivity index (χ2v) is 9.77. The molecular weight excluding hydrogens is 409 g/mol. The number of methoxy groups -OCH3 is 1. The van der Waals surface area contributed by atoms with Crippen molar-refractivity contribution in [1.29, 1.82) is 5.26 Å². The molecule has 0 radical (unpaired) electrons. The number of piperazine rings is 1. The van der Waals surface area contributed by atoms with Gasteiger partial charge in [0.25, 0.3) is 0 Å². The summed E-state index contributed by atoms with van der Waals surface area (Å²) < 4.78 is 20.5. The number of ether oxygens (including phenoxy) is 1. The minimum Gasteiger partial charge on any atom is -0.380 e. The molecule has 3 saturated heterocycles. The van der Waals surface area contributed by atoms with Gasteiger partial charge in [-0.2, -0.15) is 5.26 Å². The normalized spacial score (nSPS) is 32.5. The molecule has 1 aliphatic carbocycles. The number of rotatable bonds is 6. The molecule has 0 unspecified atom stereocenters. The molecule has 3 heterocycles. The summed E-state index contributed by atoms with van der Waals surface area (Å²) in [6.45, 7) is 3.65. The van der Waals surface area contributed by atoms with Crippen LogP contribution in [0.15, 0.2) is 18.2 Å². The van der Waals surface area contributed by atoms with E-state index in [9.17, 15) is 14.4 Å². The number of nitrogens with zero attached hydrogens (tertiary/aromatic N) is 3. The topological polar surface area (TPSA) is 80.6 Å². The summed E-state index contributed by atoms with van der Waals surface area (Å²) in [5, 5.41) is 15.7. The highest BCUT2D eigenvalue weighted by Crippen LogP contribution is 2.35. The molecule has 1 amide bonds. The van der Waals surface area contributed by atoms with Gasteiger partial charge in [0.15, 0.2) is 0 Å². The zero-order chi connectivity index (χ0) is 22.2. The third-order valence-corrected chi connectivity index (χ3v) is 7.85. The Morgan fingerprint density at radius 3 is 2.91 bits per heavy atom. The number of carbonyl (C=O) groups is 1. The van der Waals surface area contributed by atoms with Crippen LogP contribution in [0.25, 0.3) is 0 Å². The maximum Gasteiger partial charge on any atom is 0.238 e. The molecule has 3 aliphatic heterocycles. The third-order valence-electron chi connectivity index (χ3n) is 7.85. The molecule has 4 aliphatic rings. The Morgan fingerprint density at radius 1 is 1.34 bits per heavy atom. The number of halogens is 1. The van der Waals surface area contributed by atoms with Gasteiger partial charge in [-0.15, -0.1) is 0 Å². The predicted molar refractivity (Wildman–Crippen MR) is 119 cm³/mol. The minimum absolute atomic E-state index is 0.135. The van der Waals surface area contributed by atoms with E-state index in [0.29, 0.717) is 23.6 Å². The van der Waals surface area contributed by atoms with Gasteiger partial charge in [0.1, 0.15) is 11.9 Å². The highest BCUT2D eigenvalue weighted by molar-refractivity contribution is 5.83. The Hall–Kier alpha value is -2.21. The number of nitrogens with one attached hydrogen (secondary N) is 2. The van der Waals surface area contributed by atoms with Gasteiger partial charge in [-0.3, -0.25) is 9.69 Å². The van der Waals surface area contributed by atoms with Crippen molar-refractivity contribution < 1.29 is 13.9 Å². The molecule has 8 heteroatoms. The summed E-state index contributed by atoms with van der Waals surface area (Å²) in [5.74, 6) is -0.0990. The Morgan fingerprint density at radius 2 is 2.22 bits per heavy atom. The van der Waals surface area contributed by atoms with Crippen molar-refractivity contribution in [3.05, 3.63) is 29.6 Å². The monoisotopic (exact) mass is 441 g/mol. The third kappa shape index (κ3) is 4.21. The average Bonchev–Trinajstić information content (AvgIpc) is 3.54. The van der Waals surface area contributed by atoms with Crippen LogP contribution in [0, 0.1) is 23.1 Å². The summed E-state index contributed by atoms with van der Waals surface area (Å²) in [7, 11) is 1.76. The number of anilines is 1. The fraction of sp³-hybridized carbons (Fsp3) is 0.667. The first-order valence-corrected chi connectivity index (χ1v) is 11.8. The zero-order valence-corrected chi connectivity index (χ0v) is 18.6. The number of hydrogen-bond donors (Lipinski definition) is 2. The summed E-state index contributed by atoms with van der Waals surface area (Å²) in [4.78, 5) is 17.3. The fourth-order valence-electron chi connectivity index (χ4n) is 6.06. The molecule has 1 saturated carbocycles. The average molecular weight is 442 g/mol. The van der Waals surface area contributed by atoms with Crippen LogP contribution >= 0.6 is 0 Å². The van der Waals surface area contributed by atoms with Crippen molar-refractivity contribution in [2.75, 3.05) is 38.2 Å². The largest absolute Gasteiger partial charge is 0.380 e. The van der Waals surface area contributed by atoms with E-state index in [4.69, 9.17) is 4.74 Å². The molecule has 5 rings (SSSR count). The maximum atomic E-state index is 15.0. The summed E-state index contributed by atoms with van der Waals surface area (Å²) in [5.41, 5.74) is 1.33. The van der Waals surface area contributed by atoms with E-state index >= 15 is 0 Å². The highest BCUT2D eigenvalue weighted by atomic mass is 19.1. The number of amides is 1. The number of benzene rings is 1. The lowest BCUT2D eigenvalue weighted by Gasteiger charge is -2.38. The van der Waals surface area contributed by atoms with E-state index in [1.54, 1.807) is 19.2 Å². The number of fused-ring (bicyclic) bond motifs is 3. The van der Waals surface area contributed by atoms with E-state index in [1.165, 1.54) is 0 Å². The van der Waals surface area contributed by atoms with Crippen LogP contribution in [-0.2, 0) is 16.0 Å². The number of carbonyl (C=O) groups excluding carboxylic acids is 1. The van der Waals surface area contributed by atoms with Crippen LogP contribution in [0.1, 0.15) is 31.2 Å². The number of hydrogen-bond acceptors (Lipinski definition) is 6. The maximum absolute atomic E-state index is 15.0. The molecule has 2 N–H and O–H groups in total. The van der Waals surface area contributed by atoms with Crippen LogP contribution in [0.3, 0.4) is 0 Å². The lowest BCUT2D eigenvalue weighted by atomic mass is 9.98. The first-order chi connectivity index (χ1) is 15.5. The minimum atomic E-state index is -0.739. The molecule has 172 valence electrons. The predicted octanol–water partition coefficient (Wildman–Crippen LogP) is 1.43. The Kier molecular flexibility index (Phi) is 6.06. The Bertz CT molecular complexity index is 905. The van der Waals surface area contributed by atoms with Gasteiger partial charge in [-0.1, -0.05) is 6.07 Å². The molecule has 4 fully saturated rings. The van der Waals surface area contributed by atoms with Crippen LogP contribution < -0.4 is 15.5 Å². The van der Waals surface area contributed by atoms with Gasteiger partial charge in [-0.25, -0.2) is 4.39 Å². The Balaban J connectivity index is 1.19. The van der Waals surface area contributed by atoms with E-state index in [0.717, 1.165) is 57.5 Å². The second kappa shape index (κ2) is 8.97. The van der Waals surface area contributed by atoms with E-state index < -0.39 is 6.04 Å². The highest BCUT2D eigenvalue weighted by Gasteiger charge is 2.43. The molecule has 32 heavy (non-hydrogen) atoms. The Labute approximate surface area is 188 Å². The molecule has 7 nitrogen and oxygen atoms in total. The van der Waals surface area contributed by atoms with Gasteiger partial charge in [-0.05, 0) is 49.3 Å². The summed E-state index contributed by atoms with van der Waals surface area (Å²) in [6, 6.07) is 7.31. The molecule has 6 atom stereocenters. The van der Waals surface area contributed by atoms with Gasteiger partial charge < -0.3 is 20.3 Å². The van der Waals surface area contributed by atoms with Crippen molar-refractivity contribution in [3.8, 4) is 6.07 Å². The quantitative estimate of drug-likeness (QED) is 0.695. The lowest BCUT2D eigenvalue weighted by Crippen LogP contribution is -2.50. The zero-order valence-electron chi connectivity index (χ0n) is 18.6.